The first-order chi connectivity index (χ1) is 10.3. The van der Waals surface area contributed by atoms with Gasteiger partial charge in [0, 0.05) is 11.9 Å². The van der Waals surface area contributed by atoms with Gasteiger partial charge in [-0.25, -0.2) is 4.98 Å². The smallest absolute Gasteiger partial charge is 0.150 e. The molecular weight excluding hydrogens is 278 g/mol. The van der Waals surface area contributed by atoms with E-state index in [0.717, 1.165) is 16.9 Å². The molecule has 0 amide bonds. The Morgan fingerprint density at radius 2 is 2.10 bits per heavy atom. The number of imidazole rings is 1. The highest BCUT2D eigenvalue weighted by molar-refractivity contribution is 7.15. The number of fused-ring (bicyclic) bond motifs is 2. The Balaban J connectivity index is 1.88. The summed E-state index contributed by atoms with van der Waals surface area (Å²) >= 11 is 1.88. The standard InChI is InChI=1S/C17H15N3S/c1-20-14-7-6-11(10-18)8-13(14)19-17(20)16-9-12-4-2-3-5-15(12)21-16/h6-9H,2-5H2,1H3. The molecule has 1 aliphatic rings. The molecule has 0 unspecified atom stereocenters. The van der Waals surface area contributed by atoms with E-state index in [1.807, 2.05) is 29.5 Å². The number of nitriles is 1. The highest BCUT2D eigenvalue weighted by atomic mass is 32.1. The molecule has 4 heteroatoms. The fourth-order valence-electron chi connectivity index (χ4n) is 3.09. The van der Waals surface area contributed by atoms with Gasteiger partial charge in [-0.3, -0.25) is 0 Å². The number of hydrogen-bond acceptors (Lipinski definition) is 3. The molecule has 21 heavy (non-hydrogen) atoms. The fourth-order valence-corrected chi connectivity index (χ4v) is 4.37. The lowest BCUT2D eigenvalue weighted by atomic mass is 9.99. The van der Waals surface area contributed by atoms with Gasteiger partial charge in [0.1, 0.15) is 0 Å². The predicted molar refractivity (Wildman–Crippen MR) is 85.4 cm³/mol. The molecule has 4 rings (SSSR count). The minimum Gasteiger partial charge on any atom is -0.326 e. The van der Waals surface area contributed by atoms with Crippen molar-refractivity contribution in [2.45, 2.75) is 25.7 Å². The van der Waals surface area contributed by atoms with Gasteiger partial charge in [-0.05, 0) is 55.5 Å². The molecule has 3 aromatic rings. The van der Waals surface area contributed by atoms with Crippen LogP contribution in [0.2, 0.25) is 0 Å². The minimum absolute atomic E-state index is 0.664. The molecule has 1 aromatic carbocycles. The van der Waals surface area contributed by atoms with Crippen LogP contribution in [-0.2, 0) is 19.9 Å². The Hall–Kier alpha value is -2.12. The van der Waals surface area contributed by atoms with Crippen molar-refractivity contribution >= 4 is 22.4 Å². The molecule has 0 radical (unpaired) electrons. The summed E-state index contributed by atoms with van der Waals surface area (Å²) in [6.07, 6.45) is 5.02. The van der Waals surface area contributed by atoms with Crippen molar-refractivity contribution in [2.75, 3.05) is 0 Å². The molecule has 2 heterocycles. The van der Waals surface area contributed by atoms with Gasteiger partial charge in [-0.1, -0.05) is 0 Å². The molecular formula is C17H15N3S. The first-order valence-corrected chi connectivity index (χ1v) is 8.06. The number of hydrogen-bond donors (Lipinski definition) is 0. The van der Waals surface area contributed by atoms with Gasteiger partial charge in [-0.15, -0.1) is 11.3 Å². The van der Waals surface area contributed by atoms with Crippen LogP contribution in [0, 0.1) is 11.3 Å². The summed E-state index contributed by atoms with van der Waals surface area (Å²) < 4.78 is 2.13. The first kappa shape index (κ1) is 12.6. The lowest BCUT2D eigenvalue weighted by Gasteiger charge is -2.08. The van der Waals surface area contributed by atoms with Crippen molar-refractivity contribution in [2.24, 2.45) is 7.05 Å². The summed E-state index contributed by atoms with van der Waals surface area (Å²) in [5, 5.41) is 9.02. The maximum atomic E-state index is 9.02. The fraction of sp³-hybridized carbons (Fsp3) is 0.294. The van der Waals surface area contributed by atoms with Gasteiger partial charge in [0.15, 0.2) is 5.82 Å². The molecule has 0 bridgehead atoms. The molecule has 0 aliphatic heterocycles. The van der Waals surface area contributed by atoms with Gasteiger partial charge in [0.2, 0.25) is 0 Å². The van der Waals surface area contributed by atoms with E-state index >= 15 is 0 Å². The average Bonchev–Trinajstić information content (AvgIpc) is 3.08. The van der Waals surface area contributed by atoms with Crippen molar-refractivity contribution in [3.8, 4) is 16.8 Å². The average molecular weight is 293 g/mol. The van der Waals surface area contributed by atoms with Crippen LogP contribution in [0.1, 0.15) is 28.8 Å². The summed E-state index contributed by atoms with van der Waals surface area (Å²) in [6.45, 7) is 0. The monoisotopic (exact) mass is 293 g/mol. The third kappa shape index (κ3) is 1.97. The lowest BCUT2D eigenvalue weighted by molar-refractivity contribution is 0.697. The van der Waals surface area contributed by atoms with Gasteiger partial charge in [0.25, 0.3) is 0 Å². The van der Waals surface area contributed by atoms with Crippen molar-refractivity contribution in [3.05, 3.63) is 40.3 Å². The maximum Gasteiger partial charge on any atom is 0.150 e. The van der Waals surface area contributed by atoms with Crippen molar-refractivity contribution in [1.29, 1.82) is 5.26 Å². The van der Waals surface area contributed by atoms with Crippen molar-refractivity contribution in [1.82, 2.24) is 9.55 Å². The Kier molecular flexibility index (Phi) is 2.83. The number of thiophene rings is 1. The molecule has 0 spiro atoms. The maximum absolute atomic E-state index is 9.02. The van der Waals surface area contributed by atoms with Gasteiger partial charge in [-0.2, -0.15) is 5.26 Å². The zero-order valence-corrected chi connectivity index (χ0v) is 12.7. The second-order valence-corrected chi connectivity index (χ2v) is 6.71. The topological polar surface area (TPSA) is 41.6 Å². The number of nitrogens with zero attached hydrogens (tertiary/aromatic N) is 3. The van der Waals surface area contributed by atoms with E-state index in [4.69, 9.17) is 10.2 Å². The van der Waals surface area contributed by atoms with Crippen LogP contribution < -0.4 is 0 Å². The zero-order chi connectivity index (χ0) is 14.4. The SMILES string of the molecule is Cn1c(-c2cc3c(s2)CCCC3)nc2cc(C#N)ccc21. The molecule has 0 fully saturated rings. The predicted octanol–water partition coefficient (Wildman–Crippen LogP) is 4.05. The highest BCUT2D eigenvalue weighted by Crippen LogP contribution is 2.36. The van der Waals surface area contributed by atoms with E-state index in [1.165, 1.54) is 41.0 Å². The van der Waals surface area contributed by atoms with Crippen LogP contribution in [0.15, 0.2) is 24.3 Å². The van der Waals surface area contributed by atoms with Gasteiger partial charge >= 0.3 is 0 Å². The summed E-state index contributed by atoms with van der Waals surface area (Å²) in [6, 6.07) is 10.2. The van der Waals surface area contributed by atoms with Gasteiger partial charge < -0.3 is 4.57 Å². The molecule has 1 aliphatic carbocycles. The molecule has 0 atom stereocenters. The lowest BCUT2D eigenvalue weighted by Crippen LogP contribution is -1.96. The summed E-state index contributed by atoms with van der Waals surface area (Å²) in [5.74, 6) is 1.01. The molecule has 3 nitrogen and oxygen atoms in total. The number of aryl methyl sites for hydroxylation is 3. The summed E-state index contributed by atoms with van der Waals surface area (Å²) in [4.78, 5) is 7.53. The second-order valence-electron chi connectivity index (χ2n) is 5.58. The minimum atomic E-state index is 0.664. The number of benzene rings is 1. The molecule has 0 saturated heterocycles. The van der Waals surface area contributed by atoms with E-state index in [-0.39, 0.29) is 0 Å². The highest BCUT2D eigenvalue weighted by Gasteiger charge is 2.17. The van der Waals surface area contributed by atoms with E-state index in [0.29, 0.717) is 5.56 Å². The largest absolute Gasteiger partial charge is 0.326 e. The van der Waals surface area contributed by atoms with Crippen LogP contribution in [-0.4, -0.2) is 9.55 Å². The van der Waals surface area contributed by atoms with Crippen LogP contribution in [0.4, 0.5) is 0 Å². The van der Waals surface area contributed by atoms with Crippen LogP contribution >= 0.6 is 11.3 Å². The van der Waals surface area contributed by atoms with Crippen molar-refractivity contribution < 1.29 is 0 Å². The molecule has 0 saturated carbocycles. The van der Waals surface area contributed by atoms with Crippen LogP contribution in [0.5, 0.6) is 0 Å². The van der Waals surface area contributed by atoms with Crippen LogP contribution in [0.3, 0.4) is 0 Å². The molecule has 104 valence electrons. The Morgan fingerprint density at radius 1 is 1.24 bits per heavy atom. The van der Waals surface area contributed by atoms with Gasteiger partial charge in [0.05, 0.1) is 27.5 Å². The summed E-state index contributed by atoms with van der Waals surface area (Å²) in [7, 11) is 2.05. The molecule has 2 aromatic heterocycles. The van der Waals surface area contributed by atoms with Crippen LogP contribution in [0.25, 0.3) is 21.7 Å². The molecule has 0 N–H and O–H groups in total. The van der Waals surface area contributed by atoms with E-state index in [9.17, 15) is 0 Å². The van der Waals surface area contributed by atoms with E-state index in [2.05, 4.69) is 23.8 Å². The van der Waals surface area contributed by atoms with Crippen molar-refractivity contribution in [3.63, 3.8) is 0 Å². The normalized spacial score (nSPS) is 14.1. The second kappa shape index (κ2) is 4.71. The Morgan fingerprint density at radius 3 is 2.90 bits per heavy atom. The number of aromatic nitrogens is 2. The number of rotatable bonds is 1. The first-order valence-electron chi connectivity index (χ1n) is 7.25. The van der Waals surface area contributed by atoms with E-state index in [1.54, 1.807) is 0 Å². The van der Waals surface area contributed by atoms with E-state index < -0.39 is 0 Å². The third-order valence-electron chi connectivity index (χ3n) is 4.23. The zero-order valence-electron chi connectivity index (χ0n) is 11.9. The Bertz CT molecular complexity index is 856. The quantitative estimate of drug-likeness (QED) is 0.679. The Labute approximate surface area is 127 Å². The summed E-state index contributed by atoms with van der Waals surface area (Å²) in [5.41, 5.74) is 4.15. The third-order valence-corrected chi connectivity index (χ3v) is 5.46.